The van der Waals surface area contributed by atoms with Crippen molar-refractivity contribution in [1.82, 2.24) is 9.97 Å². The highest BCUT2D eigenvalue weighted by atomic mass is 35.5. The van der Waals surface area contributed by atoms with E-state index in [9.17, 15) is 4.79 Å². The lowest BCUT2D eigenvalue weighted by Crippen LogP contribution is -2.36. The first-order chi connectivity index (χ1) is 10.5. The Labute approximate surface area is 142 Å². The van der Waals surface area contributed by atoms with Gasteiger partial charge in [-0.05, 0) is 30.5 Å². The molecule has 0 aliphatic carbocycles. The van der Waals surface area contributed by atoms with Crippen LogP contribution in [0.25, 0.3) is 11.3 Å². The van der Waals surface area contributed by atoms with Crippen LogP contribution in [-0.4, -0.2) is 21.9 Å². The molecule has 0 radical (unpaired) electrons. The first kappa shape index (κ1) is 18.9. The van der Waals surface area contributed by atoms with Gasteiger partial charge in [0.1, 0.15) is 0 Å². The minimum Gasteiger partial charge on any atom is -0.368 e. The fraction of sp³-hybridized carbons (Fsp3) is 0.312. The Kier molecular flexibility index (Phi) is 6.93. The molecule has 1 aromatic carbocycles. The molecule has 2 rings (SSSR count). The fourth-order valence-electron chi connectivity index (χ4n) is 2.11. The van der Waals surface area contributed by atoms with Crippen LogP contribution in [0, 0.1) is 5.92 Å². The molecule has 23 heavy (non-hydrogen) atoms. The Morgan fingerprint density at radius 2 is 1.87 bits per heavy atom. The van der Waals surface area contributed by atoms with E-state index in [1.807, 2.05) is 38.1 Å². The van der Waals surface area contributed by atoms with Gasteiger partial charge in [0.15, 0.2) is 0 Å². The minimum atomic E-state index is -0.499. The van der Waals surface area contributed by atoms with E-state index in [0.717, 1.165) is 11.3 Å². The number of aromatic nitrogens is 2. The molecule has 6 nitrogen and oxygen atoms in total. The van der Waals surface area contributed by atoms with Gasteiger partial charge in [-0.1, -0.05) is 26.0 Å². The number of rotatable bonds is 5. The largest absolute Gasteiger partial charge is 0.368 e. The van der Waals surface area contributed by atoms with Crippen LogP contribution in [-0.2, 0) is 4.79 Å². The van der Waals surface area contributed by atoms with Crippen LogP contribution in [0.2, 0.25) is 0 Å². The SMILES string of the molecule is CC(C)CC(N)C(=O)Nc1ccc(-c2ccnc(N)n2)cc1.Cl. The van der Waals surface area contributed by atoms with Gasteiger partial charge in [-0.3, -0.25) is 4.79 Å². The zero-order chi connectivity index (χ0) is 16.1. The molecule has 7 heteroatoms. The molecule has 1 amide bonds. The number of anilines is 2. The third kappa shape index (κ3) is 5.50. The second kappa shape index (κ2) is 8.45. The van der Waals surface area contributed by atoms with E-state index in [1.165, 1.54) is 0 Å². The number of nitrogen functional groups attached to an aromatic ring is 1. The number of nitrogens with zero attached hydrogens (tertiary/aromatic N) is 2. The molecule has 5 N–H and O–H groups in total. The predicted molar refractivity (Wildman–Crippen MR) is 95.2 cm³/mol. The summed E-state index contributed by atoms with van der Waals surface area (Å²) >= 11 is 0. The van der Waals surface area contributed by atoms with E-state index in [1.54, 1.807) is 12.3 Å². The number of halogens is 1. The standard InChI is InChI=1S/C16H21N5O.ClH/c1-10(2)9-13(17)15(22)20-12-5-3-11(4-6-12)14-7-8-19-16(18)21-14;/h3-8,10,13H,9,17H2,1-2H3,(H,20,22)(H2,18,19,21);1H. The summed E-state index contributed by atoms with van der Waals surface area (Å²) < 4.78 is 0. The van der Waals surface area contributed by atoms with E-state index in [0.29, 0.717) is 18.0 Å². The summed E-state index contributed by atoms with van der Waals surface area (Å²) in [5, 5.41) is 2.82. The molecule has 0 saturated heterocycles. The predicted octanol–water partition coefficient (Wildman–Crippen LogP) is 2.46. The van der Waals surface area contributed by atoms with Gasteiger partial charge in [0.05, 0.1) is 11.7 Å². The number of carbonyl (C=O) groups is 1. The van der Waals surface area contributed by atoms with Gasteiger partial charge in [0, 0.05) is 17.4 Å². The first-order valence-corrected chi connectivity index (χ1v) is 7.21. The number of benzene rings is 1. The molecule has 0 spiro atoms. The van der Waals surface area contributed by atoms with Crippen molar-refractivity contribution in [2.24, 2.45) is 11.7 Å². The van der Waals surface area contributed by atoms with Crippen LogP contribution in [0.1, 0.15) is 20.3 Å². The highest BCUT2D eigenvalue weighted by Gasteiger charge is 2.15. The molecule has 0 saturated carbocycles. The van der Waals surface area contributed by atoms with Gasteiger partial charge in [-0.2, -0.15) is 0 Å². The van der Waals surface area contributed by atoms with Crippen LogP contribution >= 0.6 is 12.4 Å². The van der Waals surface area contributed by atoms with Crippen molar-refractivity contribution in [2.45, 2.75) is 26.3 Å². The topological polar surface area (TPSA) is 107 Å². The van der Waals surface area contributed by atoms with Crippen molar-refractivity contribution in [3.63, 3.8) is 0 Å². The molecule has 2 aromatic rings. The van der Waals surface area contributed by atoms with E-state index < -0.39 is 6.04 Å². The van der Waals surface area contributed by atoms with E-state index in [-0.39, 0.29) is 24.3 Å². The van der Waals surface area contributed by atoms with E-state index in [4.69, 9.17) is 11.5 Å². The minimum absolute atomic E-state index is 0. The zero-order valence-electron chi connectivity index (χ0n) is 13.2. The average Bonchev–Trinajstić information content (AvgIpc) is 2.47. The molecule has 1 unspecified atom stereocenters. The number of nitrogens with one attached hydrogen (secondary N) is 1. The van der Waals surface area contributed by atoms with E-state index >= 15 is 0 Å². The summed E-state index contributed by atoms with van der Waals surface area (Å²) in [6, 6.07) is 8.64. The second-order valence-corrected chi connectivity index (χ2v) is 5.60. The first-order valence-electron chi connectivity index (χ1n) is 7.21. The maximum absolute atomic E-state index is 12.0. The molecule has 1 heterocycles. The molecular weight excluding hydrogens is 314 g/mol. The quantitative estimate of drug-likeness (QED) is 0.778. The Hall–Kier alpha value is -2.18. The highest BCUT2D eigenvalue weighted by molar-refractivity contribution is 5.94. The maximum Gasteiger partial charge on any atom is 0.241 e. The van der Waals surface area contributed by atoms with Crippen molar-refractivity contribution >= 4 is 29.9 Å². The Balaban J connectivity index is 0.00000264. The lowest BCUT2D eigenvalue weighted by Gasteiger charge is -2.14. The summed E-state index contributed by atoms with van der Waals surface area (Å²) in [5.74, 6) is 0.439. The Morgan fingerprint density at radius 1 is 1.22 bits per heavy atom. The van der Waals surface area contributed by atoms with Crippen LogP contribution in [0.4, 0.5) is 11.6 Å². The molecule has 1 atom stereocenters. The van der Waals surface area contributed by atoms with Crippen LogP contribution < -0.4 is 16.8 Å². The monoisotopic (exact) mass is 335 g/mol. The molecule has 1 aromatic heterocycles. The second-order valence-electron chi connectivity index (χ2n) is 5.60. The van der Waals surface area contributed by atoms with Crippen LogP contribution in [0.15, 0.2) is 36.5 Å². The highest BCUT2D eigenvalue weighted by Crippen LogP contribution is 2.20. The third-order valence-corrected chi connectivity index (χ3v) is 3.18. The third-order valence-electron chi connectivity index (χ3n) is 3.18. The van der Waals surface area contributed by atoms with Gasteiger partial charge in [0.25, 0.3) is 0 Å². The molecule has 0 bridgehead atoms. The van der Waals surface area contributed by atoms with Crippen molar-refractivity contribution in [3.05, 3.63) is 36.5 Å². The van der Waals surface area contributed by atoms with Crippen molar-refractivity contribution in [3.8, 4) is 11.3 Å². The van der Waals surface area contributed by atoms with Gasteiger partial charge in [0.2, 0.25) is 11.9 Å². The molecule has 0 aliphatic rings. The van der Waals surface area contributed by atoms with Crippen LogP contribution in [0.3, 0.4) is 0 Å². The molecule has 124 valence electrons. The van der Waals surface area contributed by atoms with Crippen LogP contribution in [0.5, 0.6) is 0 Å². The van der Waals surface area contributed by atoms with Gasteiger partial charge >= 0.3 is 0 Å². The molecular formula is C16H22ClN5O. The fourth-order valence-corrected chi connectivity index (χ4v) is 2.11. The summed E-state index contributed by atoms with van der Waals surface area (Å²) in [6.07, 6.45) is 2.27. The molecule has 0 fully saturated rings. The maximum atomic E-state index is 12.0. The van der Waals surface area contributed by atoms with E-state index in [2.05, 4.69) is 15.3 Å². The lowest BCUT2D eigenvalue weighted by molar-refractivity contribution is -0.117. The van der Waals surface area contributed by atoms with Crippen molar-refractivity contribution < 1.29 is 4.79 Å². The smallest absolute Gasteiger partial charge is 0.241 e. The number of hydrogen-bond donors (Lipinski definition) is 3. The zero-order valence-corrected chi connectivity index (χ0v) is 14.0. The summed E-state index contributed by atoms with van der Waals surface area (Å²) in [7, 11) is 0. The van der Waals surface area contributed by atoms with Gasteiger partial charge < -0.3 is 16.8 Å². The normalized spacial score (nSPS) is 11.7. The number of hydrogen-bond acceptors (Lipinski definition) is 5. The number of amides is 1. The summed E-state index contributed by atoms with van der Waals surface area (Å²) in [6.45, 7) is 4.07. The number of nitrogens with two attached hydrogens (primary N) is 2. The number of carbonyl (C=O) groups excluding carboxylic acids is 1. The van der Waals surface area contributed by atoms with Gasteiger partial charge in [-0.15, -0.1) is 12.4 Å². The summed E-state index contributed by atoms with van der Waals surface area (Å²) in [5.41, 5.74) is 13.8. The molecule has 0 aliphatic heterocycles. The lowest BCUT2D eigenvalue weighted by atomic mass is 10.0. The summed E-state index contributed by atoms with van der Waals surface area (Å²) in [4.78, 5) is 20.0. The van der Waals surface area contributed by atoms with Crippen molar-refractivity contribution in [1.29, 1.82) is 0 Å². The van der Waals surface area contributed by atoms with Crippen molar-refractivity contribution in [2.75, 3.05) is 11.1 Å². The van der Waals surface area contributed by atoms with Gasteiger partial charge in [-0.25, -0.2) is 9.97 Å². The average molecular weight is 336 g/mol. The Bertz CT molecular complexity index is 645. The Morgan fingerprint density at radius 3 is 2.43 bits per heavy atom.